The summed E-state index contributed by atoms with van der Waals surface area (Å²) in [4.78, 5) is 0. The van der Waals surface area contributed by atoms with Gasteiger partial charge in [-0.05, 0) is 41.4 Å². The minimum Gasteiger partial charge on any atom is -0.486 e. The number of hydrogen-bond acceptors (Lipinski definition) is 4. The van der Waals surface area contributed by atoms with Gasteiger partial charge in [-0.15, -0.1) is 0 Å². The molecular weight excluding hydrogens is 363 g/mol. The maximum Gasteiger partial charge on any atom is 0.216 e. The standard InChI is InChI=1S/C20H21FN4OS/c1-20(2,3)15-8-10-16(11-9-15)26-13-18-23-24-19(27)25(18)22-12-14-6-4-5-7-17(14)21/h4-12H,13H2,1-3H3,(H,24,27)/b22-12-. The van der Waals surface area contributed by atoms with E-state index in [9.17, 15) is 4.39 Å². The first kappa shape index (κ1) is 19.0. The molecule has 140 valence electrons. The number of nitrogens with zero attached hydrogens (tertiary/aromatic N) is 3. The highest BCUT2D eigenvalue weighted by Gasteiger charge is 2.13. The molecule has 1 aromatic heterocycles. The average molecular weight is 384 g/mol. The van der Waals surface area contributed by atoms with Crippen LogP contribution in [0.5, 0.6) is 5.75 Å². The minimum absolute atomic E-state index is 0.0857. The van der Waals surface area contributed by atoms with Crippen LogP contribution in [-0.2, 0) is 12.0 Å². The summed E-state index contributed by atoms with van der Waals surface area (Å²) in [5, 5.41) is 11.0. The minimum atomic E-state index is -0.354. The molecule has 0 fully saturated rings. The van der Waals surface area contributed by atoms with Crippen LogP contribution in [0.3, 0.4) is 0 Å². The fraction of sp³-hybridized carbons (Fsp3) is 0.250. The van der Waals surface area contributed by atoms with Crippen LogP contribution >= 0.6 is 12.2 Å². The van der Waals surface area contributed by atoms with Crippen LogP contribution in [0.15, 0.2) is 53.6 Å². The van der Waals surface area contributed by atoms with Gasteiger partial charge in [-0.3, -0.25) is 0 Å². The van der Waals surface area contributed by atoms with E-state index in [1.807, 2.05) is 24.3 Å². The Balaban J connectivity index is 1.73. The number of nitrogens with one attached hydrogen (secondary N) is 1. The fourth-order valence-corrected chi connectivity index (χ4v) is 2.63. The van der Waals surface area contributed by atoms with Crippen molar-refractivity contribution in [3.63, 3.8) is 0 Å². The molecule has 27 heavy (non-hydrogen) atoms. The second-order valence-electron chi connectivity index (χ2n) is 7.09. The van der Waals surface area contributed by atoms with Crippen molar-refractivity contribution in [2.45, 2.75) is 32.8 Å². The molecule has 0 amide bonds. The van der Waals surface area contributed by atoms with E-state index in [2.05, 4.69) is 36.1 Å². The van der Waals surface area contributed by atoms with Crippen molar-refractivity contribution in [3.05, 3.63) is 76.1 Å². The summed E-state index contributed by atoms with van der Waals surface area (Å²) in [5.41, 5.74) is 1.68. The normalized spacial score (nSPS) is 11.9. The number of benzene rings is 2. The van der Waals surface area contributed by atoms with E-state index in [-0.39, 0.29) is 17.8 Å². The lowest BCUT2D eigenvalue weighted by Crippen LogP contribution is -2.10. The second-order valence-corrected chi connectivity index (χ2v) is 7.47. The van der Waals surface area contributed by atoms with Crippen LogP contribution in [0, 0.1) is 10.6 Å². The number of halogens is 1. The highest BCUT2D eigenvalue weighted by molar-refractivity contribution is 7.71. The third-order valence-corrected chi connectivity index (χ3v) is 4.29. The molecule has 2 aromatic carbocycles. The summed E-state index contributed by atoms with van der Waals surface area (Å²) in [7, 11) is 0. The summed E-state index contributed by atoms with van der Waals surface area (Å²) in [5.74, 6) is 0.863. The molecule has 0 bridgehead atoms. The Hall–Kier alpha value is -2.80. The van der Waals surface area contributed by atoms with Gasteiger partial charge in [0.05, 0.1) is 6.21 Å². The zero-order chi connectivity index (χ0) is 19.4. The lowest BCUT2D eigenvalue weighted by Gasteiger charge is -2.19. The molecule has 0 aliphatic heterocycles. The van der Waals surface area contributed by atoms with Gasteiger partial charge in [0.25, 0.3) is 0 Å². The Bertz CT molecular complexity index is 1000. The van der Waals surface area contributed by atoms with Gasteiger partial charge in [-0.25, -0.2) is 9.49 Å². The van der Waals surface area contributed by atoms with Crippen molar-refractivity contribution in [2.24, 2.45) is 5.10 Å². The zero-order valence-corrected chi connectivity index (χ0v) is 16.3. The summed E-state index contributed by atoms with van der Waals surface area (Å²) in [6.07, 6.45) is 1.41. The van der Waals surface area contributed by atoms with Crippen LogP contribution in [0.1, 0.15) is 37.7 Å². The Labute approximate surface area is 162 Å². The molecule has 0 unspecified atom stereocenters. The van der Waals surface area contributed by atoms with Crippen LogP contribution in [0.2, 0.25) is 0 Å². The van der Waals surface area contributed by atoms with E-state index in [1.165, 1.54) is 22.5 Å². The van der Waals surface area contributed by atoms with Crippen molar-refractivity contribution in [2.75, 3.05) is 0 Å². The number of aromatic amines is 1. The fourth-order valence-electron chi connectivity index (χ4n) is 2.44. The predicted octanol–water partition coefficient (Wildman–Crippen LogP) is 4.84. The van der Waals surface area contributed by atoms with Gasteiger partial charge >= 0.3 is 0 Å². The van der Waals surface area contributed by atoms with Gasteiger partial charge in [0.15, 0.2) is 5.82 Å². The first-order chi connectivity index (χ1) is 12.8. The van der Waals surface area contributed by atoms with Crippen LogP contribution in [-0.4, -0.2) is 21.1 Å². The summed E-state index contributed by atoms with van der Waals surface area (Å²) in [6, 6.07) is 14.3. The number of aromatic nitrogens is 3. The number of rotatable bonds is 5. The zero-order valence-electron chi connectivity index (χ0n) is 15.4. The summed E-state index contributed by atoms with van der Waals surface area (Å²) >= 11 is 5.19. The SMILES string of the molecule is CC(C)(C)c1ccc(OCc2n[nH]c(=S)n2/N=C\c2ccccc2F)cc1. The quantitative estimate of drug-likeness (QED) is 0.506. The van der Waals surface area contributed by atoms with Gasteiger partial charge in [0, 0.05) is 5.56 Å². The van der Waals surface area contributed by atoms with E-state index in [0.717, 1.165) is 5.75 Å². The molecular formula is C20H21FN4OS. The lowest BCUT2D eigenvalue weighted by atomic mass is 9.87. The maximum absolute atomic E-state index is 13.7. The number of H-pyrrole nitrogens is 1. The van der Waals surface area contributed by atoms with Gasteiger partial charge in [-0.2, -0.15) is 14.9 Å². The maximum atomic E-state index is 13.7. The average Bonchev–Trinajstić information content (AvgIpc) is 2.99. The largest absolute Gasteiger partial charge is 0.486 e. The molecule has 0 aliphatic rings. The third-order valence-electron chi connectivity index (χ3n) is 4.02. The highest BCUT2D eigenvalue weighted by atomic mass is 32.1. The Morgan fingerprint density at radius 2 is 1.89 bits per heavy atom. The van der Waals surface area contributed by atoms with Gasteiger partial charge in [-0.1, -0.05) is 51.1 Å². The molecule has 0 aliphatic carbocycles. The Kier molecular flexibility index (Phi) is 5.51. The molecule has 0 spiro atoms. The first-order valence-electron chi connectivity index (χ1n) is 8.53. The molecule has 5 nitrogen and oxygen atoms in total. The third kappa shape index (κ3) is 4.68. The molecule has 1 N–H and O–H groups in total. The molecule has 7 heteroatoms. The smallest absolute Gasteiger partial charge is 0.216 e. The monoisotopic (exact) mass is 384 g/mol. The summed E-state index contributed by atoms with van der Waals surface area (Å²) in [6.45, 7) is 6.66. The second kappa shape index (κ2) is 7.84. The first-order valence-corrected chi connectivity index (χ1v) is 8.94. The Morgan fingerprint density at radius 1 is 1.19 bits per heavy atom. The molecule has 0 saturated carbocycles. The molecule has 0 radical (unpaired) electrons. The van der Waals surface area contributed by atoms with Crippen molar-refractivity contribution < 1.29 is 9.13 Å². The molecule has 3 aromatic rings. The van der Waals surface area contributed by atoms with Crippen LogP contribution in [0.4, 0.5) is 4.39 Å². The predicted molar refractivity (Wildman–Crippen MR) is 106 cm³/mol. The van der Waals surface area contributed by atoms with E-state index in [0.29, 0.717) is 16.2 Å². The van der Waals surface area contributed by atoms with Crippen molar-refractivity contribution in [3.8, 4) is 5.75 Å². The van der Waals surface area contributed by atoms with Gasteiger partial charge in [0.1, 0.15) is 18.2 Å². The van der Waals surface area contributed by atoms with E-state index >= 15 is 0 Å². The van der Waals surface area contributed by atoms with Crippen molar-refractivity contribution in [1.29, 1.82) is 0 Å². The molecule has 1 heterocycles. The number of hydrogen-bond donors (Lipinski definition) is 1. The van der Waals surface area contributed by atoms with Gasteiger partial charge < -0.3 is 4.74 Å². The summed E-state index contributed by atoms with van der Waals surface area (Å²) < 4.78 is 21.3. The molecule has 0 saturated heterocycles. The van der Waals surface area contributed by atoms with Crippen LogP contribution < -0.4 is 4.74 Å². The topological polar surface area (TPSA) is 55.2 Å². The van der Waals surface area contributed by atoms with Crippen molar-refractivity contribution in [1.82, 2.24) is 14.9 Å². The number of ether oxygens (including phenoxy) is 1. The van der Waals surface area contributed by atoms with Crippen LogP contribution in [0.25, 0.3) is 0 Å². The van der Waals surface area contributed by atoms with E-state index < -0.39 is 0 Å². The van der Waals surface area contributed by atoms with Crippen molar-refractivity contribution >= 4 is 18.4 Å². The molecule has 0 atom stereocenters. The van der Waals surface area contributed by atoms with Gasteiger partial charge in [0.2, 0.25) is 4.77 Å². The Morgan fingerprint density at radius 3 is 2.56 bits per heavy atom. The van der Waals surface area contributed by atoms with E-state index in [4.69, 9.17) is 17.0 Å². The molecule has 3 rings (SSSR count). The lowest BCUT2D eigenvalue weighted by molar-refractivity contribution is 0.290. The highest BCUT2D eigenvalue weighted by Crippen LogP contribution is 2.24. The van der Waals surface area contributed by atoms with E-state index in [1.54, 1.807) is 18.2 Å².